The van der Waals surface area contributed by atoms with E-state index in [4.69, 9.17) is 0 Å². The summed E-state index contributed by atoms with van der Waals surface area (Å²) in [4.78, 5) is 14.4. The number of carbonyl (C=O) groups excluding carboxylic acids is 1. The molecule has 5 aliphatic rings. The molecule has 4 atom stereocenters. The Labute approximate surface area is 160 Å². The first-order valence-electron chi connectivity index (χ1n) is 10.6. The fourth-order valence-corrected chi connectivity index (χ4v) is 6.70. The Morgan fingerprint density at radius 1 is 1.00 bits per heavy atom. The van der Waals surface area contributed by atoms with Gasteiger partial charge in [-0.15, -0.1) is 0 Å². The van der Waals surface area contributed by atoms with Crippen LogP contribution in [-0.4, -0.2) is 80.8 Å². The van der Waals surface area contributed by atoms with Crippen LogP contribution in [0.3, 0.4) is 0 Å². The van der Waals surface area contributed by atoms with Gasteiger partial charge in [0.1, 0.15) is 12.2 Å². The van der Waals surface area contributed by atoms with Gasteiger partial charge in [-0.3, -0.25) is 9.69 Å². The van der Waals surface area contributed by atoms with Gasteiger partial charge in [-0.25, -0.2) is 0 Å². The number of carbonyl (C=O) groups is 1. The third kappa shape index (κ3) is 3.90. The summed E-state index contributed by atoms with van der Waals surface area (Å²) >= 11 is 0. The molecule has 1 saturated heterocycles. The van der Waals surface area contributed by atoms with Crippen molar-refractivity contribution in [2.24, 2.45) is 17.8 Å². The molecule has 0 aromatic heterocycles. The zero-order valence-corrected chi connectivity index (χ0v) is 16.0. The summed E-state index contributed by atoms with van der Waals surface area (Å²) in [5.41, 5.74) is 0.0289. The average molecular weight is 383 g/mol. The molecule has 5 N–H and O–H groups in total. The molecule has 4 aliphatic carbocycles. The van der Waals surface area contributed by atoms with Crippen molar-refractivity contribution in [1.82, 2.24) is 10.2 Å². The van der Waals surface area contributed by atoms with E-state index in [1.54, 1.807) is 4.90 Å². The Hall–Kier alpha value is -0.730. The molecule has 154 valence electrons. The molecule has 27 heavy (non-hydrogen) atoms. The van der Waals surface area contributed by atoms with Gasteiger partial charge in [-0.2, -0.15) is 0 Å². The average Bonchev–Trinajstić information content (AvgIpc) is 2.58. The van der Waals surface area contributed by atoms with Crippen LogP contribution in [0.15, 0.2) is 0 Å². The van der Waals surface area contributed by atoms with Gasteiger partial charge in [0.25, 0.3) is 0 Å². The standard InChI is InChI=1S/C20H34N2O5/c23-11-15-18(26)19(27)16(24)10-22(15)3-1-2-17(25)21-20-7-12-4-13(8-20)6-14(5-12)9-20/h12-16,18-19,23-24,26-27H,1-11H2,(H,21,25)/t12?,13?,14?,15-,16+,18-,19-,20?/m1/s1. The molecule has 0 spiro atoms. The van der Waals surface area contributed by atoms with E-state index in [2.05, 4.69) is 5.32 Å². The fraction of sp³-hybridized carbons (Fsp3) is 0.950. The summed E-state index contributed by atoms with van der Waals surface area (Å²) in [6, 6.07) is -0.602. The van der Waals surface area contributed by atoms with Crippen molar-refractivity contribution in [2.45, 2.75) is 81.3 Å². The number of hydrogen-bond donors (Lipinski definition) is 5. The summed E-state index contributed by atoms with van der Waals surface area (Å²) in [6.07, 6.45) is 5.02. The second kappa shape index (κ2) is 7.59. The predicted molar refractivity (Wildman–Crippen MR) is 98.7 cm³/mol. The summed E-state index contributed by atoms with van der Waals surface area (Å²) < 4.78 is 0. The van der Waals surface area contributed by atoms with E-state index < -0.39 is 24.4 Å². The van der Waals surface area contributed by atoms with Crippen molar-refractivity contribution in [2.75, 3.05) is 19.7 Å². The molecule has 1 aliphatic heterocycles. The molecular weight excluding hydrogens is 348 g/mol. The molecule has 4 bridgehead atoms. The van der Waals surface area contributed by atoms with E-state index >= 15 is 0 Å². The molecule has 1 heterocycles. The molecule has 0 aromatic rings. The Bertz CT molecular complexity index is 521. The summed E-state index contributed by atoms with van der Waals surface area (Å²) in [6.45, 7) is 0.408. The summed E-state index contributed by atoms with van der Waals surface area (Å²) in [7, 11) is 0. The quantitative estimate of drug-likeness (QED) is 0.428. The SMILES string of the molecule is O=C(CCCN1C[C@H](O)[C@@H](O)[C@H](O)[C@H]1CO)NC12CC3CC(CC(C3)C1)C2. The maximum atomic E-state index is 12.6. The maximum absolute atomic E-state index is 12.6. The minimum Gasteiger partial charge on any atom is -0.395 e. The van der Waals surface area contributed by atoms with Gasteiger partial charge >= 0.3 is 0 Å². The molecule has 7 nitrogen and oxygen atoms in total. The number of nitrogens with zero attached hydrogens (tertiary/aromatic N) is 1. The number of nitrogens with one attached hydrogen (secondary N) is 1. The lowest BCUT2D eigenvalue weighted by Gasteiger charge is -2.57. The van der Waals surface area contributed by atoms with Gasteiger partial charge in [0.15, 0.2) is 0 Å². The van der Waals surface area contributed by atoms with Crippen LogP contribution >= 0.6 is 0 Å². The molecule has 0 unspecified atom stereocenters. The van der Waals surface area contributed by atoms with Crippen LogP contribution < -0.4 is 5.32 Å². The smallest absolute Gasteiger partial charge is 0.220 e. The normalized spacial score (nSPS) is 46.6. The highest BCUT2D eigenvalue weighted by Crippen LogP contribution is 2.55. The monoisotopic (exact) mass is 382 g/mol. The molecular formula is C20H34N2O5. The number of rotatable bonds is 6. The maximum Gasteiger partial charge on any atom is 0.220 e. The fourth-order valence-electron chi connectivity index (χ4n) is 6.70. The van der Waals surface area contributed by atoms with Crippen molar-refractivity contribution in [3.05, 3.63) is 0 Å². The summed E-state index contributed by atoms with van der Waals surface area (Å²) in [5.74, 6) is 2.48. The first kappa shape index (κ1) is 19.6. The predicted octanol–water partition coefficient (Wildman–Crippen LogP) is -0.389. The van der Waals surface area contributed by atoms with Crippen molar-refractivity contribution in [3.8, 4) is 0 Å². The lowest BCUT2D eigenvalue weighted by molar-refractivity contribution is -0.145. The zero-order valence-electron chi connectivity index (χ0n) is 16.0. The third-order valence-electron chi connectivity index (χ3n) is 7.51. The highest BCUT2D eigenvalue weighted by atomic mass is 16.4. The van der Waals surface area contributed by atoms with Gasteiger partial charge in [0.05, 0.1) is 18.8 Å². The zero-order chi connectivity index (χ0) is 19.2. The molecule has 5 fully saturated rings. The largest absolute Gasteiger partial charge is 0.395 e. The number of aliphatic hydroxyl groups is 4. The second-order valence-corrected chi connectivity index (χ2v) is 9.64. The number of β-amino-alcohol motifs (C(OH)–C–C–N with tert-alkyl or cyclic N) is 1. The van der Waals surface area contributed by atoms with Crippen LogP contribution in [-0.2, 0) is 4.79 Å². The van der Waals surface area contributed by atoms with Crippen LogP contribution in [0.5, 0.6) is 0 Å². The van der Waals surface area contributed by atoms with E-state index in [1.807, 2.05) is 0 Å². The number of likely N-dealkylation sites (tertiary alicyclic amines) is 1. The van der Waals surface area contributed by atoms with E-state index in [1.165, 1.54) is 19.3 Å². The number of amides is 1. The Morgan fingerprint density at radius 2 is 1.59 bits per heavy atom. The van der Waals surface area contributed by atoms with E-state index in [9.17, 15) is 25.2 Å². The lowest BCUT2D eigenvalue weighted by Crippen LogP contribution is -2.62. The lowest BCUT2D eigenvalue weighted by atomic mass is 9.53. The molecule has 5 rings (SSSR count). The topological polar surface area (TPSA) is 113 Å². The molecule has 0 radical (unpaired) electrons. The van der Waals surface area contributed by atoms with Gasteiger partial charge in [-0.1, -0.05) is 0 Å². The Balaban J connectivity index is 1.26. The Kier molecular flexibility index (Phi) is 5.51. The first-order chi connectivity index (χ1) is 12.9. The van der Waals surface area contributed by atoms with Crippen molar-refractivity contribution in [3.63, 3.8) is 0 Å². The Morgan fingerprint density at radius 3 is 2.15 bits per heavy atom. The van der Waals surface area contributed by atoms with E-state index in [0.29, 0.717) is 19.4 Å². The van der Waals surface area contributed by atoms with Crippen molar-refractivity contribution < 1.29 is 25.2 Å². The third-order valence-corrected chi connectivity index (χ3v) is 7.51. The van der Waals surface area contributed by atoms with Crippen LogP contribution in [0.2, 0.25) is 0 Å². The first-order valence-corrected chi connectivity index (χ1v) is 10.6. The second-order valence-electron chi connectivity index (χ2n) is 9.64. The minimum atomic E-state index is -1.24. The molecule has 4 saturated carbocycles. The van der Waals surface area contributed by atoms with Crippen LogP contribution in [0.4, 0.5) is 0 Å². The highest BCUT2D eigenvalue weighted by molar-refractivity contribution is 5.76. The van der Waals surface area contributed by atoms with Crippen molar-refractivity contribution in [1.29, 1.82) is 0 Å². The van der Waals surface area contributed by atoms with E-state index in [0.717, 1.165) is 37.0 Å². The van der Waals surface area contributed by atoms with Gasteiger partial charge in [0, 0.05) is 18.5 Å². The van der Waals surface area contributed by atoms with Crippen LogP contribution in [0, 0.1) is 17.8 Å². The van der Waals surface area contributed by atoms with E-state index in [-0.39, 0.29) is 24.6 Å². The van der Waals surface area contributed by atoms with Gasteiger partial charge in [-0.05, 0) is 69.2 Å². The molecule has 1 amide bonds. The van der Waals surface area contributed by atoms with Gasteiger partial charge < -0.3 is 25.7 Å². The molecule has 7 heteroatoms. The number of aliphatic hydroxyl groups excluding tert-OH is 4. The van der Waals surface area contributed by atoms with Crippen LogP contribution in [0.25, 0.3) is 0 Å². The summed E-state index contributed by atoms with van der Waals surface area (Å²) in [5, 5.41) is 42.6. The highest BCUT2D eigenvalue weighted by Gasteiger charge is 2.51. The van der Waals surface area contributed by atoms with Crippen LogP contribution in [0.1, 0.15) is 51.4 Å². The van der Waals surface area contributed by atoms with Crippen molar-refractivity contribution >= 4 is 5.91 Å². The number of hydrogen-bond acceptors (Lipinski definition) is 6. The van der Waals surface area contributed by atoms with Gasteiger partial charge in [0.2, 0.25) is 5.91 Å². The molecule has 0 aromatic carbocycles. The number of piperidine rings is 1. The minimum absolute atomic E-state index is 0.0289.